The summed E-state index contributed by atoms with van der Waals surface area (Å²) in [5, 5.41) is 0.472. The Hall–Kier alpha value is -2.19. The molecule has 3 rings (SSSR count). The van der Waals surface area contributed by atoms with Crippen molar-refractivity contribution in [1.29, 1.82) is 0 Å². The molecule has 0 radical (unpaired) electrons. The first-order valence-corrected chi connectivity index (χ1v) is 11.7. The third-order valence-corrected chi connectivity index (χ3v) is 8.97. The van der Waals surface area contributed by atoms with Crippen molar-refractivity contribution in [3.05, 3.63) is 95.5 Å². The van der Waals surface area contributed by atoms with Crippen LogP contribution in [-0.2, 0) is 20.0 Å². The van der Waals surface area contributed by atoms with Crippen molar-refractivity contribution in [3.8, 4) is 0 Å². The topological polar surface area (TPSA) is 71.5 Å². The molecule has 0 aromatic heterocycles. The summed E-state index contributed by atoms with van der Waals surface area (Å²) in [5.74, 6) is 0. The maximum atomic E-state index is 13.4. The Morgan fingerprint density at radius 1 is 0.679 bits per heavy atom. The van der Waals surface area contributed by atoms with Crippen LogP contribution in [0.3, 0.4) is 0 Å². The average Bonchev–Trinajstić information content (AvgIpc) is 2.69. The van der Waals surface area contributed by atoms with Crippen molar-refractivity contribution in [2.45, 2.75) is 22.8 Å². The van der Waals surface area contributed by atoms with Crippen LogP contribution in [0.5, 0.6) is 0 Å². The number of halogens is 1. The third kappa shape index (κ3) is 3.98. The molecular weight excluding hydrogens is 418 g/mol. The second-order valence-corrected chi connectivity index (χ2v) is 10.4. The van der Waals surface area contributed by atoms with Gasteiger partial charge in [-0.1, -0.05) is 63.8 Å². The Kier molecular flexibility index (Phi) is 5.90. The van der Waals surface area contributed by atoms with Gasteiger partial charge in [0.15, 0.2) is 0 Å². The van der Waals surface area contributed by atoms with E-state index >= 15 is 0 Å². The van der Waals surface area contributed by atoms with Crippen molar-refractivity contribution >= 4 is 31.6 Å². The number of hydrogen-bond acceptors (Lipinski definition) is 4. The van der Waals surface area contributed by atoms with Crippen molar-refractivity contribution in [3.63, 3.8) is 0 Å². The van der Waals surface area contributed by atoms with E-state index < -0.39 is 26.1 Å². The van der Waals surface area contributed by atoms with E-state index in [1.807, 2.05) is 0 Å². The average molecular weight is 436 g/mol. The summed E-state index contributed by atoms with van der Waals surface area (Å²) in [5.41, 5.74) is 0.503. The minimum Gasteiger partial charge on any atom is -0.206 e. The molecule has 0 heterocycles. The largest absolute Gasteiger partial charge is 0.256 e. The molecule has 0 aliphatic heterocycles. The number of nitrogens with zero attached hydrogens (tertiary/aromatic N) is 1. The molecule has 0 saturated heterocycles. The van der Waals surface area contributed by atoms with Gasteiger partial charge in [-0.2, -0.15) is 0 Å². The monoisotopic (exact) mass is 435 g/mol. The number of benzene rings is 3. The molecule has 28 heavy (non-hydrogen) atoms. The normalized spacial score (nSPS) is 13.4. The van der Waals surface area contributed by atoms with Gasteiger partial charge in [0.2, 0.25) is 0 Å². The lowest BCUT2D eigenvalue weighted by Crippen LogP contribution is -2.38. The minimum absolute atomic E-state index is 0.102. The highest BCUT2D eigenvalue weighted by Crippen LogP contribution is 2.34. The summed E-state index contributed by atoms with van der Waals surface area (Å²) in [6.07, 6.45) is 0. The van der Waals surface area contributed by atoms with E-state index in [2.05, 4.69) is 0 Å². The van der Waals surface area contributed by atoms with Crippen LogP contribution in [0.4, 0.5) is 0 Å². The van der Waals surface area contributed by atoms with Gasteiger partial charge in [0.1, 0.15) is 0 Å². The second kappa shape index (κ2) is 8.05. The summed E-state index contributed by atoms with van der Waals surface area (Å²) in [6.45, 7) is 1.53. The lowest BCUT2D eigenvalue weighted by atomic mass is 10.1. The molecular formula is C20H18ClNO4S2. The second-order valence-electron chi connectivity index (χ2n) is 6.09. The molecule has 3 aromatic rings. The molecule has 0 N–H and O–H groups in total. The maximum absolute atomic E-state index is 13.4. The molecule has 5 nitrogen and oxygen atoms in total. The van der Waals surface area contributed by atoms with E-state index in [9.17, 15) is 16.8 Å². The van der Waals surface area contributed by atoms with Gasteiger partial charge in [-0.25, -0.2) is 16.8 Å². The standard InChI is InChI=1S/C20H18ClNO4S2/c1-16(17-12-14-18(21)15-13-17)22(27(23,24)19-8-4-2-5-9-19)28(25,26)20-10-6-3-7-11-20/h2-16H,1H3. The van der Waals surface area contributed by atoms with E-state index in [0.717, 1.165) is 0 Å². The van der Waals surface area contributed by atoms with E-state index in [0.29, 0.717) is 14.3 Å². The molecule has 0 bridgehead atoms. The van der Waals surface area contributed by atoms with Gasteiger partial charge in [0, 0.05) is 5.02 Å². The van der Waals surface area contributed by atoms with Crippen molar-refractivity contribution in [1.82, 2.24) is 3.71 Å². The Morgan fingerprint density at radius 2 is 1.07 bits per heavy atom. The Bertz CT molecular complexity index is 1080. The molecule has 1 atom stereocenters. The summed E-state index contributed by atoms with van der Waals surface area (Å²) in [7, 11) is -8.70. The summed E-state index contributed by atoms with van der Waals surface area (Å²) < 4.78 is 54.0. The molecule has 8 heteroatoms. The highest BCUT2D eigenvalue weighted by molar-refractivity contribution is 8.04. The van der Waals surface area contributed by atoms with Crippen LogP contribution in [0, 0.1) is 0 Å². The van der Waals surface area contributed by atoms with Gasteiger partial charge in [0.25, 0.3) is 20.0 Å². The van der Waals surface area contributed by atoms with Crippen LogP contribution in [0.2, 0.25) is 5.02 Å². The highest BCUT2D eigenvalue weighted by atomic mass is 35.5. The smallest absolute Gasteiger partial charge is 0.206 e. The predicted octanol–water partition coefficient (Wildman–Crippen LogP) is 4.48. The van der Waals surface area contributed by atoms with Crippen LogP contribution in [0.15, 0.2) is 94.7 Å². The number of sulfonamides is 2. The van der Waals surface area contributed by atoms with Crippen LogP contribution in [-0.4, -0.2) is 20.5 Å². The molecule has 3 aromatic carbocycles. The van der Waals surface area contributed by atoms with E-state index in [1.165, 1.54) is 31.2 Å². The van der Waals surface area contributed by atoms with E-state index in [4.69, 9.17) is 11.6 Å². The Balaban J connectivity index is 2.21. The van der Waals surface area contributed by atoms with Crippen LogP contribution < -0.4 is 0 Å². The van der Waals surface area contributed by atoms with Gasteiger partial charge in [0.05, 0.1) is 15.8 Å². The van der Waals surface area contributed by atoms with Crippen LogP contribution >= 0.6 is 11.6 Å². The van der Waals surface area contributed by atoms with Gasteiger partial charge < -0.3 is 0 Å². The molecule has 0 saturated carbocycles. The fraction of sp³-hybridized carbons (Fsp3) is 0.100. The first-order valence-electron chi connectivity index (χ1n) is 8.40. The van der Waals surface area contributed by atoms with Gasteiger partial charge in [-0.05, 0) is 48.9 Å². The zero-order chi connectivity index (χ0) is 20.4. The molecule has 0 spiro atoms. The summed E-state index contributed by atoms with van der Waals surface area (Å²) in [4.78, 5) is -0.203. The van der Waals surface area contributed by atoms with Gasteiger partial charge >= 0.3 is 0 Å². The lowest BCUT2D eigenvalue weighted by Gasteiger charge is -2.28. The molecule has 0 aliphatic rings. The Morgan fingerprint density at radius 3 is 1.46 bits per heavy atom. The molecule has 0 fully saturated rings. The quantitative estimate of drug-likeness (QED) is 0.572. The minimum atomic E-state index is -4.35. The molecule has 0 amide bonds. The molecule has 0 aliphatic carbocycles. The fourth-order valence-corrected chi connectivity index (χ4v) is 6.97. The number of hydrogen-bond donors (Lipinski definition) is 0. The van der Waals surface area contributed by atoms with E-state index in [1.54, 1.807) is 60.7 Å². The maximum Gasteiger partial charge on any atom is 0.256 e. The zero-order valence-electron chi connectivity index (χ0n) is 14.9. The van der Waals surface area contributed by atoms with Crippen molar-refractivity contribution in [2.75, 3.05) is 0 Å². The first kappa shape index (κ1) is 20.5. The summed E-state index contributed by atoms with van der Waals surface area (Å²) >= 11 is 5.92. The van der Waals surface area contributed by atoms with Crippen LogP contribution in [0.25, 0.3) is 0 Å². The highest BCUT2D eigenvalue weighted by Gasteiger charge is 2.40. The van der Waals surface area contributed by atoms with Crippen molar-refractivity contribution < 1.29 is 16.8 Å². The Labute approximate surface area is 170 Å². The van der Waals surface area contributed by atoms with Gasteiger partial charge in [-0.15, -0.1) is 0 Å². The SMILES string of the molecule is CC(c1ccc(Cl)cc1)N(S(=O)(=O)c1ccccc1)S(=O)(=O)c1ccccc1. The lowest BCUT2D eigenvalue weighted by molar-refractivity contribution is 0.448. The number of rotatable bonds is 6. The zero-order valence-corrected chi connectivity index (χ0v) is 17.3. The molecule has 1 unspecified atom stereocenters. The van der Waals surface area contributed by atoms with Gasteiger partial charge in [-0.3, -0.25) is 0 Å². The van der Waals surface area contributed by atoms with Crippen LogP contribution in [0.1, 0.15) is 18.5 Å². The molecule has 146 valence electrons. The van der Waals surface area contributed by atoms with Crippen molar-refractivity contribution in [2.24, 2.45) is 0 Å². The van der Waals surface area contributed by atoms with E-state index in [-0.39, 0.29) is 9.79 Å². The third-order valence-electron chi connectivity index (χ3n) is 4.22. The summed E-state index contributed by atoms with van der Waals surface area (Å²) in [6, 6.07) is 20.4. The first-order chi connectivity index (χ1) is 13.2. The fourth-order valence-electron chi connectivity index (χ4n) is 2.80. The predicted molar refractivity (Wildman–Crippen MR) is 109 cm³/mol.